The Balaban J connectivity index is 1.42. The smallest absolute Gasteiger partial charge is 0.258 e. The van der Waals surface area contributed by atoms with Crippen molar-refractivity contribution in [2.24, 2.45) is 0 Å². The zero-order chi connectivity index (χ0) is 24.5. The van der Waals surface area contributed by atoms with Gasteiger partial charge in [0.15, 0.2) is 0 Å². The van der Waals surface area contributed by atoms with Crippen LogP contribution in [0.2, 0.25) is 0 Å². The average Bonchev–Trinajstić information content (AvgIpc) is 2.90. The molecule has 0 heterocycles. The van der Waals surface area contributed by atoms with Gasteiger partial charge in [0.2, 0.25) is 0 Å². The average molecular weight is 529 g/mol. The molecule has 5 nitrogen and oxygen atoms in total. The van der Waals surface area contributed by atoms with Crippen LogP contribution in [0.4, 0.5) is 5.69 Å². The fourth-order valence-corrected chi connectivity index (χ4v) is 3.81. The van der Waals surface area contributed by atoms with Gasteiger partial charge in [0, 0.05) is 34.4 Å². The molecule has 0 aliphatic rings. The van der Waals surface area contributed by atoms with E-state index >= 15 is 0 Å². The van der Waals surface area contributed by atoms with Crippen LogP contribution < -0.4 is 15.0 Å². The third-order valence-corrected chi connectivity index (χ3v) is 5.87. The number of amides is 2. The fourth-order valence-electron chi connectivity index (χ4n) is 3.55. The van der Waals surface area contributed by atoms with Gasteiger partial charge in [-0.25, -0.2) is 0 Å². The summed E-state index contributed by atoms with van der Waals surface area (Å²) in [6.07, 6.45) is 0.600. The maximum Gasteiger partial charge on any atom is 0.258 e. The quantitative estimate of drug-likeness (QED) is 0.245. The molecule has 35 heavy (non-hydrogen) atoms. The maximum absolute atomic E-state index is 13.3. The molecule has 1 N–H and O–H groups in total. The van der Waals surface area contributed by atoms with Gasteiger partial charge in [-0.05, 0) is 79.2 Å². The normalized spacial score (nSPS) is 10.4. The predicted octanol–water partition coefficient (Wildman–Crippen LogP) is 6.71. The minimum absolute atomic E-state index is 0.0958. The van der Waals surface area contributed by atoms with Crippen molar-refractivity contribution in [3.8, 4) is 11.5 Å². The van der Waals surface area contributed by atoms with E-state index in [0.29, 0.717) is 36.4 Å². The van der Waals surface area contributed by atoms with Gasteiger partial charge in [0.05, 0.1) is 0 Å². The Morgan fingerprint density at radius 3 is 1.97 bits per heavy atom. The second-order valence-electron chi connectivity index (χ2n) is 7.85. The third-order valence-electron chi connectivity index (χ3n) is 5.34. The Bertz CT molecular complexity index is 1240. The van der Waals surface area contributed by atoms with Crippen LogP contribution >= 0.6 is 15.9 Å². The molecule has 0 spiro atoms. The highest BCUT2D eigenvalue weighted by molar-refractivity contribution is 9.10. The molecule has 0 bridgehead atoms. The van der Waals surface area contributed by atoms with Gasteiger partial charge in [0.1, 0.15) is 11.5 Å². The number of anilines is 1. The lowest BCUT2D eigenvalue weighted by Gasteiger charge is -2.23. The standard InChI is InChI=1S/C29H25BrN2O3/c30-24-14-12-22(13-15-24)28(33)31-20-7-21-32(29(34)23-8-3-1-4-9-23)25-16-18-27(19-17-25)35-26-10-5-2-6-11-26/h1-6,8-19H,7,20-21H2,(H,31,33). The van der Waals surface area contributed by atoms with Crippen molar-refractivity contribution in [2.45, 2.75) is 6.42 Å². The molecule has 0 radical (unpaired) electrons. The Kier molecular flexibility index (Phi) is 8.30. The van der Waals surface area contributed by atoms with Crippen LogP contribution in [0.15, 0.2) is 114 Å². The molecule has 0 saturated carbocycles. The first kappa shape index (κ1) is 24.2. The van der Waals surface area contributed by atoms with E-state index in [4.69, 9.17) is 4.74 Å². The van der Waals surface area contributed by atoms with Crippen LogP contribution in [0, 0.1) is 0 Å². The Hall–Kier alpha value is -3.90. The summed E-state index contributed by atoms with van der Waals surface area (Å²) in [6, 6.07) is 33.4. The molecule has 176 valence electrons. The van der Waals surface area contributed by atoms with E-state index in [1.165, 1.54) is 0 Å². The number of ether oxygens (including phenoxy) is 1. The lowest BCUT2D eigenvalue weighted by molar-refractivity contribution is 0.0953. The first-order chi connectivity index (χ1) is 17.1. The van der Waals surface area contributed by atoms with Gasteiger partial charge in [0.25, 0.3) is 11.8 Å². The molecule has 0 fully saturated rings. The van der Waals surface area contributed by atoms with E-state index in [-0.39, 0.29) is 11.8 Å². The molecular formula is C29H25BrN2O3. The molecule has 4 aromatic rings. The second kappa shape index (κ2) is 12.0. The van der Waals surface area contributed by atoms with E-state index in [9.17, 15) is 9.59 Å². The van der Waals surface area contributed by atoms with E-state index in [1.54, 1.807) is 29.2 Å². The van der Waals surface area contributed by atoms with Crippen molar-refractivity contribution < 1.29 is 14.3 Å². The summed E-state index contributed by atoms with van der Waals surface area (Å²) in [4.78, 5) is 27.4. The van der Waals surface area contributed by atoms with Gasteiger partial charge >= 0.3 is 0 Å². The van der Waals surface area contributed by atoms with Crippen LogP contribution in [0.25, 0.3) is 0 Å². The van der Waals surface area contributed by atoms with Crippen LogP contribution in [-0.4, -0.2) is 24.9 Å². The zero-order valence-electron chi connectivity index (χ0n) is 19.1. The highest BCUT2D eigenvalue weighted by Crippen LogP contribution is 2.25. The topological polar surface area (TPSA) is 58.6 Å². The minimum Gasteiger partial charge on any atom is -0.457 e. The number of nitrogens with zero attached hydrogens (tertiary/aromatic N) is 1. The van der Waals surface area contributed by atoms with Crippen molar-refractivity contribution in [1.82, 2.24) is 5.32 Å². The van der Waals surface area contributed by atoms with E-state index in [0.717, 1.165) is 15.9 Å². The van der Waals surface area contributed by atoms with Crippen molar-refractivity contribution in [3.63, 3.8) is 0 Å². The summed E-state index contributed by atoms with van der Waals surface area (Å²) < 4.78 is 6.80. The number of nitrogens with one attached hydrogen (secondary N) is 1. The minimum atomic E-state index is -0.138. The lowest BCUT2D eigenvalue weighted by atomic mass is 10.1. The fraction of sp³-hybridized carbons (Fsp3) is 0.103. The second-order valence-corrected chi connectivity index (χ2v) is 8.76. The molecule has 0 aromatic heterocycles. The summed E-state index contributed by atoms with van der Waals surface area (Å²) in [7, 11) is 0. The highest BCUT2D eigenvalue weighted by Gasteiger charge is 2.18. The lowest BCUT2D eigenvalue weighted by Crippen LogP contribution is -2.34. The number of carbonyl (C=O) groups excluding carboxylic acids is 2. The first-order valence-electron chi connectivity index (χ1n) is 11.3. The molecule has 0 atom stereocenters. The summed E-state index contributed by atoms with van der Waals surface area (Å²) in [5.41, 5.74) is 1.97. The highest BCUT2D eigenvalue weighted by atomic mass is 79.9. The first-order valence-corrected chi connectivity index (χ1v) is 12.1. The molecule has 0 unspecified atom stereocenters. The maximum atomic E-state index is 13.3. The van der Waals surface area contributed by atoms with Crippen molar-refractivity contribution in [2.75, 3.05) is 18.0 Å². The van der Waals surface area contributed by atoms with E-state index < -0.39 is 0 Å². The Labute approximate surface area is 213 Å². The van der Waals surface area contributed by atoms with Crippen molar-refractivity contribution in [3.05, 3.63) is 125 Å². The summed E-state index contributed by atoms with van der Waals surface area (Å²) in [5.74, 6) is 1.20. The van der Waals surface area contributed by atoms with Crippen LogP contribution in [0.1, 0.15) is 27.1 Å². The molecule has 4 aromatic carbocycles. The molecule has 6 heteroatoms. The summed E-state index contributed by atoms with van der Waals surface area (Å²) >= 11 is 3.37. The monoisotopic (exact) mass is 528 g/mol. The van der Waals surface area contributed by atoms with E-state index in [1.807, 2.05) is 84.9 Å². The van der Waals surface area contributed by atoms with Gasteiger partial charge in [-0.3, -0.25) is 9.59 Å². The molecule has 4 rings (SSSR count). The number of para-hydroxylation sites is 1. The molecule has 2 amide bonds. The van der Waals surface area contributed by atoms with Crippen LogP contribution in [-0.2, 0) is 0 Å². The molecular weight excluding hydrogens is 504 g/mol. The van der Waals surface area contributed by atoms with Gasteiger partial charge in [-0.1, -0.05) is 52.3 Å². The zero-order valence-corrected chi connectivity index (χ0v) is 20.6. The van der Waals surface area contributed by atoms with Gasteiger partial charge in [-0.15, -0.1) is 0 Å². The number of carbonyl (C=O) groups is 2. The molecule has 0 aliphatic heterocycles. The Morgan fingerprint density at radius 2 is 1.31 bits per heavy atom. The summed E-state index contributed by atoms with van der Waals surface area (Å²) in [5, 5.41) is 2.93. The van der Waals surface area contributed by atoms with Crippen molar-refractivity contribution >= 4 is 33.4 Å². The van der Waals surface area contributed by atoms with Gasteiger partial charge < -0.3 is 15.0 Å². The molecule has 0 aliphatic carbocycles. The van der Waals surface area contributed by atoms with E-state index in [2.05, 4.69) is 21.2 Å². The number of benzene rings is 4. The third kappa shape index (κ3) is 6.80. The predicted molar refractivity (Wildman–Crippen MR) is 142 cm³/mol. The molecule has 0 saturated heterocycles. The number of halogens is 1. The van der Waals surface area contributed by atoms with Crippen LogP contribution in [0.3, 0.4) is 0 Å². The van der Waals surface area contributed by atoms with Crippen molar-refractivity contribution in [1.29, 1.82) is 0 Å². The SMILES string of the molecule is O=C(NCCCN(C(=O)c1ccccc1)c1ccc(Oc2ccccc2)cc1)c1ccc(Br)cc1. The Morgan fingerprint density at radius 1 is 0.714 bits per heavy atom. The van der Waals surface area contributed by atoms with Crippen LogP contribution in [0.5, 0.6) is 11.5 Å². The summed E-state index contributed by atoms with van der Waals surface area (Å²) in [6.45, 7) is 0.899. The van der Waals surface area contributed by atoms with Gasteiger partial charge in [-0.2, -0.15) is 0 Å². The number of hydrogen-bond donors (Lipinski definition) is 1. The largest absolute Gasteiger partial charge is 0.457 e. The number of hydrogen-bond acceptors (Lipinski definition) is 3. The number of rotatable bonds is 9.